The van der Waals surface area contributed by atoms with Crippen LogP contribution < -0.4 is 5.32 Å². The van der Waals surface area contributed by atoms with Crippen LogP contribution >= 0.6 is 0 Å². The molecule has 1 aromatic rings. The monoisotopic (exact) mass is 243 g/mol. The number of anilines is 1. The molecule has 1 N–H and O–H groups in total. The highest BCUT2D eigenvalue weighted by atomic mass is 19.1. The summed E-state index contributed by atoms with van der Waals surface area (Å²) in [7, 11) is 0. The Balaban J connectivity index is 2.85. The first-order valence-corrected chi connectivity index (χ1v) is 4.89. The number of benzene rings is 1. The third kappa shape index (κ3) is 3.24. The predicted octanol–water partition coefficient (Wildman–Crippen LogP) is 1.77. The van der Waals surface area contributed by atoms with Gasteiger partial charge in [-0.3, -0.25) is 4.79 Å². The summed E-state index contributed by atoms with van der Waals surface area (Å²) in [5, 5.41) is 1.93. The Morgan fingerprint density at radius 3 is 2.53 bits per heavy atom. The summed E-state index contributed by atoms with van der Waals surface area (Å²) in [6.45, 7) is 2.93. The number of aryl methyl sites for hydroxylation is 1. The zero-order chi connectivity index (χ0) is 13.0. The van der Waals surface area contributed by atoms with Crippen LogP contribution in [0, 0.1) is 18.6 Å². The van der Waals surface area contributed by atoms with E-state index in [2.05, 4.69) is 4.74 Å². The van der Waals surface area contributed by atoms with Gasteiger partial charge in [-0.05, 0) is 25.5 Å². The fourth-order valence-corrected chi connectivity index (χ4v) is 1.11. The molecule has 0 aromatic heterocycles. The van der Waals surface area contributed by atoms with Gasteiger partial charge >= 0.3 is 11.9 Å². The lowest BCUT2D eigenvalue weighted by Crippen LogP contribution is -2.25. The molecule has 0 aliphatic rings. The van der Waals surface area contributed by atoms with Crippen molar-refractivity contribution in [3.05, 3.63) is 29.3 Å². The van der Waals surface area contributed by atoms with Crippen molar-refractivity contribution in [2.75, 3.05) is 11.9 Å². The maximum absolute atomic E-state index is 13.3. The molecular formula is C11H11F2NO3. The van der Waals surface area contributed by atoms with E-state index in [1.807, 2.05) is 5.32 Å². The van der Waals surface area contributed by atoms with Crippen LogP contribution in [0.1, 0.15) is 12.5 Å². The van der Waals surface area contributed by atoms with Gasteiger partial charge in [-0.1, -0.05) is 0 Å². The van der Waals surface area contributed by atoms with Crippen LogP contribution in [0.15, 0.2) is 12.1 Å². The van der Waals surface area contributed by atoms with Crippen LogP contribution in [0.25, 0.3) is 0 Å². The molecule has 0 saturated heterocycles. The fraction of sp³-hybridized carbons (Fsp3) is 0.273. The van der Waals surface area contributed by atoms with Crippen molar-refractivity contribution >= 4 is 17.6 Å². The van der Waals surface area contributed by atoms with E-state index in [0.29, 0.717) is 0 Å². The summed E-state index contributed by atoms with van der Waals surface area (Å²) in [4.78, 5) is 22.1. The van der Waals surface area contributed by atoms with Crippen molar-refractivity contribution in [2.24, 2.45) is 0 Å². The molecular weight excluding hydrogens is 232 g/mol. The standard InChI is InChI=1S/C11H11F2NO3/c1-3-17-11(16)10(15)14-9-5-7(12)6(2)4-8(9)13/h4-5H,3H2,1-2H3,(H,14,15). The van der Waals surface area contributed by atoms with E-state index < -0.39 is 29.2 Å². The van der Waals surface area contributed by atoms with Crippen LogP contribution in [0.4, 0.5) is 14.5 Å². The number of hydrogen-bond acceptors (Lipinski definition) is 3. The largest absolute Gasteiger partial charge is 0.459 e. The number of carbonyl (C=O) groups is 2. The average molecular weight is 243 g/mol. The number of halogens is 2. The summed E-state index contributed by atoms with van der Waals surface area (Å²) >= 11 is 0. The fourth-order valence-electron chi connectivity index (χ4n) is 1.11. The Kier molecular flexibility index (Phi) is 4.14. The molecule has 1 aromatic carbocycles. The van der Waals surface area contributed by atoms with Crippen LogP contribution in [-0.4, -0.2) is 18.5 Å². The van der Waals surface area contributed by atoms with E-state index in [1.54, 1.807) is 0 Å². The Bertz CT molecular complexity index is 460. The first kappa shape index (κ1) is 13.1. The van der Waals surface area contributed by atoms with Crippen LogP contribution in [0.2, 0.25) is 0 Å². The maximum Gasteiger partial charge on any atom is 0.397 e. The van der Waals surface area contributed by atoms with Gasteiger partial charge in [-0.15, -0.1) is 0 Å². The zero-order valence-electron chi connectivity index (χ0n) is 9.34. The number of ether oxygens (including phenoxy) is 1. The summed E-state index contributed by atoms with van der Waals surface area (Å²) < 4.78 is 30.8. The van der Waals surface area contributed by atoms with E-state index in [0.717, 1.165) is 12.1 Å². The van der Waals surface area contributed by atoms with Gasteiger partial charge in [0.25, 0.3) is 0 Å². The normalized spacial score (nSPS) is 9.88. The molecule has 0 saturated carbocycles. The third-order valence-corrected chi connectivity index (χ3v) is 1.96. The van der Waals surface area contributed by atoms with Gasteiger partial charge < -0.3 is 10.1 Å². The van der Waals surface area contributed by atoms with Crippen molar-refractivity contribution in [3.8, 4) is 0 Å². The van der Waals surface area contributed by atoms with Crippen molar-refractivity contribution in [3.63, 3.8) is 0 Å². The van der Waals surface area contributed by atoms with Crippen molar-refractivity contribution < 1.29 is 23.1 Å². The van der Waals surface area contributed by atoms with Gasteiger partial charge in [-0.2, -0.15) is 0 Å². The SMILES string of the molecule is CCOC(=O)C(=O)Nc1cc(F)c(C)cc1F. The second-order valence-corrected chi connectivity index (χ2v) is 3.26. The summed E-state index contributed by atoms with van der Waals surface area (Å²) in [6.07, 6.45) is 0. The van der Waals surface area contributed by atoms with E-state index in [9.17, 15) is 18.4 Å². The Morgan fingerprint density at radius 1 is 1.29 bits per heavy atom. The van der Waals surface area contributed by atoms with Crippen LogP contribution in [0.5, 0.6) is 0 Å². The molecule has 6 heteroatoms. The van der Waals surface area contributed by atoms with E-state index >= 15 is 0 Å². The molecule has 0 aliphatic carbocycles. The van der Waals surface area contributed by atoms with Gasteiger partial charge in [-0.25, -0.2) is 13.6 Å². The topological polar surface area (TPSA) is 55.4 Å². The maximum atomic E-state index is 13.3. The minimum Gasteiger partial charge on any atom is -0.459 e. The van der Waals surface area contributed by atoms with E-state index in [4.69, 9.17) is 0 Å². The lowest BCUT2D eigenvalue weighted by molar-refractivity contribution is -0.152. The zero-order valence-corrected chi connectivity index (χ0v) is 9.34. The second-order valence-electron chi connectivity index (χ2n) is 3.26. The summed E-state index contributed by atoms with van der Waals surface area (Å²) in [5.74, 6) is -3.78. The van der Waals surface area contributed by atoms with Gasteiger partial charge in [0.15, 0.2) is 0 Å². The van der Waals surface area contributed by atoms with Gasteiger partial charge in [0, 0.05) is 6.07 Å². The number of carbonyl (C=O) groups excluding carboxylic acids is 2. The second kappa shape index (κ2) is 5.38. The molecule has 0 bridgehead atoms. The molecule has 0 heterocycles. The van der Waals surface area contributed by atoms with E-state index in [-0.39, 0.29) is 12.2 Å². The lowest BCUT2D eigenvalue weighted by atomic mass is 10.2. The first-order valence-electron chi connectivity index (χ1n) is 4.89. The molecule has 4 nitrogen and oxygen atoms in total. The lowest BCUT2D eigenvalue weighted by Gasteiger charge is -2.07. The molecule has 92 valence electrons. The predicted molar refractivity (Wildman–Crippen MR) is 56.4 cm³/mol. The van der Waals surface area contributed by atoms with Gasteiger partial charge in [0.05, 0.1) is 12.3 Å². The summed E-state index contributed by atoms with van der Waals surface area (Å²) in [6, 6.07) is 1.73. The Morgan fingerprint density at radius 2 is 1.94 bits per heavy atom. The molecule has 17 heavy (non-hydrogen) atoms. The molecule has 1 rings (SSSR count). The molecule has 0 radical (unpaired) electrons. The quantitative estimate of drug-likeness (QED) is 0.636. The summed E-state index contributed by atoms with van der Waals surface area (Å²) in [5.41, 5.74) is -0.289. The first-order chi connectivity index (χ1) is 7.95. The highest BCUT2D eigenvalue weighted by Crippen LogP contribution is 2.18. The van der Waals surface area contributed by atoms with Crippen LogP contribution in [0.3, 0.4) is 0 Å². The highest BCUT2D eigenvalue weighted by molar-refractivity contribution is 6.37. The third-order valence-electron chi connectivity index (χ3n) is 1.96. The van der Waals surface area contributed by atoms with Crippen molar-refractivity contribution in [2.45, 2.75) is 13.8 Å². The van der Waals surface area contributed by atoms with Gasteiger partial charge in [0.1, 0.15) is 11.6 Å². The number of rotatable bonds is 2. The van der Waals surface area contributed by atoms with Crippen molar-refractivity contribution in [1.82, 2.24) is 0 Å². The number of nitrogens with one attached hydrogen (secondary N) is 1. The number of hydrogen-bond donors (Lipinski definition) is 1. The Hall–Kier alpha value is -1.98. The average Bonchev–Trinajstić information content (AvgIpc) is 2.26. The van der Waals surface area contributed by atoms with Crippen molar-refractivity contribution in [1.29, 1.82) is 0 Å². The number of amides is 1. The molecule has 0 unspecified atom stereocenters. The minimum atomic E-state index is -1.15. The minimum absolute atomic E-state index is 0.0248. The molecule has 1 amide bonds. The smallest absolute Gasteiger partial charge is 0.397 e. The molecule has 0 fully saturated rings. The number of esters is 1. The molecule has 0 spiro atoms. The van der Waals surface area contributed by atoms with Gasteiger partial charge in [0.2, 0.25) is 0 Å². The molecule has 0 aliphatic heterocycles. The molecule has 0 atom stereocenters. The Labute approximate surface area is 96.6 Å². The highest BCUT2D eigenvalue weighted by Gasteiger charge is 2.17. The van der Waals surface area contributed by atoms with E-state index in [1.165, 1.54) is 13.8 Å². The van der Waals surface area contributed by atoms with Crippen LogP contribution in [-0.2, 0) is 14.3 Å².